The van der Waals surface area contributed by atoms with E-state index >= 15 is 0 Å². The number of esters is 1. The first kappa shape index (κ1) is 34.8. The molecule has 0 aliphatic rings. The molecular formula is C25H37N7O8S. The fourth-order valence-corrected chi connectivity index (χ4v) is 5.02. The van der Waals surface area contributed by atoms with Crippen LogP contribution < -0.4 is 25.7 Å². The van der Waals surface area contributed by atoms with Crippen molar-refractivity contribution in [2.45, 2.75) is 30.7 Å². The summed E-state index contributed by atoms with van der Waals surface area (Å²) in [7, 11) is 0.262. The van der Waals surface area contributed by atoms with Crippen LogP contribution in [0.5, 0.6) is 11.5 Å². The smallest absolute Gasteiger partial charge is 0.325 e. The molecule has 0 aliphatic carbocycles. The number of sulfonamides is 1. The molecule has 5 N–H and O–H groups in total. The molecule has 2 aromatic carbocycles. The third kappa shape index (κ3) is 10.7. The Morgan fingerprint density at radius 3 is 2.24 bits per heavy atom. The Balaban J connectivity index is 0.00000411. The van der Waals surface area contributed by atoms with Crippen LogP contribution in [0.25, 0.3) is 10.8 Å². The molecule has 0 saturated carbocycles. The predicted octanol–water partition coefficient (Wildman–Crippen LogP) is 0.626. The number of aliphatic imine (C=N–C) groups is 1. The summed E-state index contributed by atoms with van der Waals surface area (Å²) < 4.78 is 50.1. The number of carbonyl (C=O) groups is 2. The van der Waals surface area contributed by atoms with Crippen molar-refractivity contribution in [2.24, 2.45) is 16.5 Å². The van der Waals surface area contributed by atoms with Crippen LogP contribution in [0.2, 0.25) is 0 Å². The fourth-order valence-electron chi connectivity index (χ4n) is 3.76. The summed E-state index contributed by atoms with van der Waals surface area (Å²) in [6.07, 6.45) is 0.364. The van der Waals surface area contributed by atoms with E-state index in [0.29, 0.717) is 23.3 Å². The molecule has 2 rings (SSSR count). The van der Waals surface area contributed by atoms with E-state index in [0.717, 1.165) is 5.39 Å². The summed E-state index contributed by atoms with van der Waals surface area (Å²) in [4.78, 5) is 30.7. The van der Waals surface area contributed by atoms with E-state index in [1.165, 1.54) is 38.4 Å². The van der Waals surface area contributed by atoms with E-state index in [1.807, 2.05) is 0 Å². The zero-order valence-electron chi connectivity index (χ0n) is 23.5. The number of benzene rings is 2. The van der Waals surface area contributed by atoms with Gasteiger partial charge < -0.3 is 35.3 Å². The first-order chi connectivity index (χ1) is 19.6. The van der Waals surface area contributed by atoms with Gasteiger partial charge in [-0.05, 0) is 54.8 Å². The van der Waals surface area contributed by atoms with Gasteiger partial charge in [-0.15, -0.1) is 0 Å². The summed E-state index contributed by atoms with van der Waals surface area (Å²) in [5.41, 5.74) is 10.8. The van der Waals surface area contributed by atoms with Gasteiger partial charge in [-0.25, -0.2) is 8.42 Å². The molecule has 0 heterocycles. The average Bonchev–Trinajstić information content (AvgIpc) is 2.96. The molecular weight excluding hydrogens is 558 g/mol. The summed E-state index contributed by atoms with van der Waals surface area (Å²) in [6, 6.07) is 6.72. The molecule has 1 atom stereocenters. The number of ether oxygens (including phenoxy) is 4. The highest BCUT2D eigenvalue weighted by Gasteiger charge is 2.30. The highest BCUT2D eigenvalue weighted by molar-refractivity contribution is 7.89. The van der Waals surface area contributed by atoms with Crippen molar-refractivity contribution in [3.8, 4) is 11.5 Å². The first-order valence-corrected chi connectivity index (χ1v) is 13.9. The largest absolute Gasteiger partial charge is 0.493 e. The molecule has 15 nitrogen and oxygen atoms in total. The lowest BCUT2D eigenvalue weighted by Gasteiger charge is -2.27. The lowest BCUT2D eigenvalue weighted by Crippen LogP contribution is -2.51. The van der Waals surface area contributed by atoms with Crippen molar-refractivity contribution in [3.63, 3.8) is 0 Å². The van der Waals surface area contributed by atoms with E-state index in [2.05, 4.69) is 9.71 Å². The van der Waals surface area contributed by atoms with Crippen LogP contribution >= 0.6 is 0 Å². The molecule has 0 radical (unpaired) electrons. The number of nitrogens with two attached hydrogens (primary N) is 2. The number of amides is 1. The van der Waals surface area contributed by atoms with Gasteiger partial charge in [0.05, 0.1) is 32.3 Å². The monoisotopic (exact) mass is 595 g/mol. The Hall–Kier alpha value is -4.20. The number of guanidine groups is 1. The Morgan fingerprint density at radius 1 is 1.05 bits per heavy atom. The van der Waals surface area contributed by atoms with Gasteiger partial charge in [0.2, 0.25) is 15.9 Å². The first-order valence-electron chi connectivity index (χ1n) is 12.4. The minimum Gasteiger partial charge on any atom is -0.493 e. The molecule has 0 spiro atoms. The molecule has 2 aromatic rings. The zero-order chi connectivity index (χ0) is 31.0. The third-order valence-electron chi connectivity index (χ3n) is 5.67. The molecule has 0 fully saturated rings. The molecule has 226 valence electrons. The number of fused-ring (bicyclic) bond motifs is 1. The van der Waals surface area contributed by atoms with Crippen molar-refractivity contribution in [3.05, 3.63) is 30.3 Å². The highest BCUT2D eigenvalue weighted by Crippen LogP contribution is 2.33. The number of hydrogen-bond acceptors (Lipinski definition) is 11. The van der Waals surface area contributed by atoms with Crippen molar-refractivity contribution in [1.29, 1.82) is 10.8 Å². The molecule has 0 aliphatic heterocycles. The van der Waals surface area contributed by atoms with Crippen LogP contribution in [0.4, 0.5) is 0 Å². The second kappa shape index (κ2) is 17.5. The third-order valence-corrected chi connectivity index (χ3v) is 7.14. The molecule has 16 heteroatoms. The number of carbonyl (C=O) groups excluding carboxylic acids is 2. The molecule has 0 bridgehead atoms. The molecule has 0 aromatic heterocycles. The van der Waals surface area contributed by atoms with Gasteiger partial charge in [0.25, 0.3) is 0 Å². The zero-order valence-corrected chi connectivity index (χ0v) is 24.3. The summed E-state index contributed by atoms with van der Waals surface area (Å²) in [5.74, 6) is -0.412. The molecule has 0 saturated heterocycles. The quantitative estimate of drug-likeness (QED) is 0.0797. The summed E-state index contributed by atoms with van der Waals surface area (Å²) >= 11 is 0. The number of nitrogens with zero attached hydrogens (tertiary/aromatic N) is 4. The maximum Gasteiger partial charge on any atom is 0.325 e. The Kier molecular flexibility index (Phi) is 14.8. The second-order valence-electron chi connectivity index (χ2n) is 8.40. The summed E-state index contributed by atoms with van der Waals surface area (Å²) in [6.45, 7) is 1.79. The number of methoxy groups -OCH3 is 3. The standard InChI is InChI=1S/C25H37N5O8S.N2/c1-5-38-23(31)16-30(11-12-35-2)24(32)20(7-6-10-28-25(26)27)29-39(33,34)19-9-8-17-14-21(36-3)22(37-4)15-18(17)13-19;1-2/h8-9,13-15,20,29H,5-7,10-12,16H2,1-4H3,(H4,26,27,28);/t20-;/m0./s1. The minimum atomic E-state index is -4.18. The van der Waals surface area contributed by atoms with Gasteiger partial charge >= 0.3 is 5.97 Å². The van der Waals surface area contributed by atoms with Crippen LogP contribution in [0, 0.1) is 10.8 Å². The van der Waals surface area contributed by atoms with Gasteiger partial charge in [0.1, 0.15) is 12.6 Å². The van der Waals surface area contributed by atoms with E-state index in [-0.39, 0.29) is 50.1 Å². The molecule has 41 heavy (non-hydrogen) atoms. The van der Waals surface area contributed by atoms with Crippen LogP contribution in [0.15, 0.2) is 40.2 Å². The number of nitrogens with one attached hydrogen (secondary N) is 1. The van der Waals surface area contributed by atoms with E-state index in [4.69, 9.17) is 41.2 Å². The lowest BCUT2D eigenvalue weighted by molar-refractivity contribution is -0.149. The number of hydrogen-bond donors (Lipinski definition) is 3. The lowest BCUT2D eigenvalue weighted by atomic mass is 10.1. The van der Waals surface area contributed by atoms with E-state index in [1.54, 1.807) is 25.1 Å². The Morgan fingerprint density at radius 2 is 1.68 bits per heavy atom. The maximum absolute atomic E-state index is 13.5. The predicted molar refractivity (Wildman–Crippen MR) is 150 cm³/mol. The second-order valence-corrected chi connectivity index (χ2v) is 10.1. The average molecular weight is 596 g/mol. The normalized spacial score (nSPS) is 11.5. The van der Waals surface area contributed by atoms with Gasteiger partial charge in [-0.2, -0.15) is 4.72 Å². The molecule has 1 amide bonds. The van der Waals surface area contributed by atoms with Gasteiger partial charge in [-0.1, -0.05) is 6.07 Å². The van der Waals surface area contributed by atoms with Crippen LogP contribution in [0.1, 0.15) is 19.8 Å². The minimum absolute atomic E-state index is 0.0535. The maximum atomic E-state index is 13.5. The van der Waals surface area contributed by atoms with Crippen LogP contribution in [-0.4, -0.2) is 91.4 Å². The van der Waals surface area contributed by atoms with Crippen molar-refractivity contribution in [1.82, 2.24) is 9.62 Å². The summed E-state index contributed by atoms with van der Waals surface area (Å²) in [5, 5.41) is 13.3. The topological polar surface area (TPSA) is 232 Å². The van der Waals surface area contributed by atoms with Gasteiger partial charge in [0.15, 0.2) is 17.5 Å². The highest BCUT2D eigenvalue weighted by atomic mass is 32.2. The van der Waals surface area contributed by atoms with Gasteiger partial charge in [-0.3, -0.25) is 14.6 Å². The fraction of sp³-hybridized carbons (Fsp3) is 0.480. The van der Waals surface area contributed by atoms with Crippen molar-refractivity contribution < 1.29 is 37.0 Å². The van der Waals surface area contributed by atoms with E-state index in [9.17, 15) is 18.0 Å². The molecule has 0 unspecified atom stereocenters. The SMILES string of the molecule is CCOC(=O)CN(CCOC)C(=O)[C@H](CCCN=C(N)N)NS(=O)(=O)c1ccc2cc(OC)c(OC)cc2c1.N#N. The van der Waals surface area contributed by atoms with Gasteiger partial charge in [0, 0.05) is 31.0 Å². The van der Waals surface area contributed by atoms with Crippen LogP contribution in [0.3, 0.4) is 0 Å². The van der Waals surface area contributed by atoms with E-state index < -0.39 is 27.9 Å². The Labute approximate surface area is 239 Å². The Bertz CT molecular complexity index is 1310. The van der Waals surface area contributed by atoms with Crippen molar-refractivity contribution >= 4 is 38.6 Å². The van der Waals surface area contributed by atoms with Crippen LogP contribution in [-0.2, 0) is 29.1 Å². The van der Waals surface area contributed by atoms with Crippen molar-refractivity contribution in [2.75, 3.05) is 54.2 Å². The number of rotatable bonds is 16.